The summed E-state index contributed by atoms with van der Waals surface area (Å²) in [6.07, 6.45) is -3.32. The van der Waals surface area contributed by atoms with E-state index in [-0.39, 0.29) is 4.90 Å². The standard InChI is InChI=1S/C19H18F3N3O6S/c20-19(21,22)14-5-1-2-6-15(14)23-18(26)12-31-17-8-7-13(11-16(17)25(27)28)32(29,30)24-9-3-4-10-24/h1-2,5-8,11H,3-4,9-10,12H2,(H,23,26). The Hall–Kier alpha value is -3.19. The third-order valence-corrected chi connectivity index (χ3v) is 6.59. The monoisotopic (exact) mass is 473 g/mol. The van der Waals surface area contributed by atoms with Gasteiger partial charge >= 0.3 is 11.9 Å². The number of amides is 1. The fourth-order valence-electron chi connectivity index (χ4n) is 3.17. The fourth-order valence-corrected chi connectivity index (χ4v) is 4.71. The van der Waals surface area contributed by atoms with Crippen molar-refractivity contribution < 1.29 is 36.0 Å². The second-order valence-electron chi connectivity index (χ2n) is 6.88. The van der Waals surface area contributed by atoms with E-state index >= 15 is 0 Å². The number of halogens is 3. The van der Waals surface area contributed by atoms with E-state index in [1.54, 1.807) is 0 Å². The molecule has 2 aromatic carbocycles. The third kappa shape index (κ3) is 5.16. The number of nitro groups is 1. The van der Waals surface area contributed by atoms with Gasteiger partial charge in [0, 0.05) is 19.2 Å². The first-order valence-corrected chi connectivity index (χ1v) is 10.8. The highest BCUT2D eigenvalue weighted by molar-refractivity contribution is 7.89. The van der Waals surface area contributed by atoms with E-state index in [9.17, 15) is 36.5 Å². The Bertz CT molecular complexity index is 1130. The first-order chi connectivity index (χ1) is 15.0. The molecular weight excluding hydrogens is 455 g/mol. The number of benzene rings is 2. The summed E-state index contributed by atoms with van der Waals surface area (Å²) in [5.41, 5.74) is -2.24. The zero-order valence-corrected chi connectivity index (χ0v) is 17.3. The maximum atomic E-state index is 13.0. The summed E-state index contributed by atoms with van der Waals surface area (Å²) in [6.45, 7) is -0.201. The molecule has 32 heavy (non-hydrogen) atoms. The van der Waals surface area contributed by atoms with Crippen molar-refractivity contribution in [1.82, 2.24) is 4.31 Å². The maximum Gasteiger partial charge on any atom is 0.418 e. The van der Waals surface area contributed by atoms with Crippen LogP contribution in [-0.2, 0) is 21.0 Å². The predicted octanol–water partition coefficient (Wildman–Crippen LogP) is 3.42. The molecule has 0 aromatic heterocycles. The van der Waals surface area contributed by atoms with Gasteiger partial charge in [-0.2, -0.15) is 17.5 Å². The molecule has 1 aliphatic heterocycles. The van der Waals surface area contributed by atoms with Gasteiger partial charge in [0.1, 0.15) is 0 Å². The minimum absolute atomic E-state index is 0.290. The molecule has 0 aliphatic carbocycles. The molecule has 0 atom stereocenters. The smallest absolute Gasteiger partial charge is 0.418 e. The van der Waals surface area contributed by atoms with Crippen LogP contribution in [0.5, 0.6) is 5.75 Å². The van der Waals surface area contributed by atoms with Gasteiger partial charge in [-0.15, -0.1) is 0 Å². The number of carbonyl (C=O) groups excluding carboxylic acids is 1. The minimum Gasteiger partial charge on any atom is -0.477 e. The van der Waals surface area contributed by atoms with Gasteiger partial charge in [-0.1, -0.05) is 12.1 Å². The summed E-state index contributed by atoms with van der Waals surface area (Å²) in [5.74, 6) is -1.38. The normalized spacial score (nSPS) is 14.8. The Morgan fingerprint density at radius 3 is 2.44 bits per heavy atom. The molecule has 0 bridgehead atoms. The molecule has 1 N–H and O–H groups in total. The van der Waals surface area contributed by atoms with Gasteiger partial charge in [0.15, 0.2) is 12.4 Å². The number of sulfonamides is 1. The highest BCUT2D eigenvalue weighted by atomic mass is 32.2. The first-order valence-electron chi connectivity index (χ1n) is 9.37. The lowest BCUT2D eigenvalue weighted by molar-refractivity contribution is -0.386. The molecule has 0 radical (unpaired) electrons. The largest absolute Gasteiger partial charge is 0.477 e. The van der Waals surface area contributed by atoms with Gasteiger partial charge in [0.2, 0.25) is 10.0 Å². The van der Waals surface area contributed by atoms with Gasteiger partial charge in [0.05, 0.1) is 21.1 Å². The van der Waals surface area contributed by atoms with Crippen molar-refractivity contribution in [2.45, 2.75) is 23.9 Å². The zero-order chi connectivity index (χ0) is 23.5. The number of hydrogen-bond acceptors (Lipinski definition) is 6. The second kappa shape index (κ2) is 9.12. The number of hydrogen-bond donors (Lipinski definition) is 1. The lowest BCUT2D eigenvalue weighted by Crippen LogP contribution is -2.28. The molecular formula is C19H18F3N3O6S. The van der Waals surface area contributed by atoms with Gasteiger partial charge in [-0.25, -0.2) is 8.42 Å². The van der Waals surface area contributed by atoms with E-state index in [1.165, 1.54) is 10.4 Å². The molecule has 9 nitrogen and oxygen atoms in total. The van der Waals surface area contributed by atoms with Crippen molar-refractivity contribution in [2.75, 3.05) is 25.0 Å². The van der Waals surface area contributed by atoms with Crippen molar-refractivity contribution in [1.29, 1.82) is 0 Å². The topological polar surface area (TPSA) is 119 Å². The number of anilines is 1. The van der Waals surface area contributed by atoms with Gasteiger partial charge in [-0.3, -0.25) is 14.9 Å². The van der Waals surface area contributed by atoms with E-state index in [0.717, 1.165) is 36.4 Å². The molecule has 13 heteroatoms. The Balaban J connectivity index is 1.75. The molecule has 1 fully saturated rings. The Kier molecular flexibility index (Phi) is 6.69. The van der Waals surface area contributed by atoms with Crippen LogP contribution in [0.15, 0.2) is 47.4 Å². The molecule has 0 unspecified atom stereocenters. The number of ether oxygens (including phenoxy) is 1. The van der Waals surface area contributed by atoms with Crippen LogP contribution in [-0.4, -0.2) is 43.2 Å². The van der Waals surface area contributed by atoms with E-state index in [0.29, 0.717) is 25.9 Å². The quantitative estimate of drug-likeness (QED) is 0.486. The molecule has 1 aliphatic rings. The number of nitro benzene ring substituents is 1. The van der Waals surface area contributed by atoms with E-state index in [2.05, 4.69) is 5.32 Å². The number of para-hydroxylation sites is 1. The van der Waals surface area contributed by atoms with Crippen molar-refractivity contribution in [3.05, 3.63) is 58.1 Å². The minimum atomic E-state index is -4.69. The molecule has 1 saturated heterocycles. The van der Waals surface area contributed by atoms with Crippen LogP contribution in [0.2, 0.25) is 0 Å². The van der Waals surface area contributed by atoms with E-state index in [1.807, 2.05) is 0 Å². The third-order valence-electron chi connectivity index (χ3n) is 4.70. The Morgan fingerprint density at radius 1 is 1.16 bits per heavy atom. The fraction of sp³-hybridized carbons (Fsp3) is 0.316. The van der Waals surface area contributed by atoms with E-state index in [4.69, 9.17) is 4.74 Å². The Labute approximate surface area is 181 Å². The van der Waals surface area contributed by atoms with Crippen molar-refractivity contribution in [3.63, 3.8) is 0 Å². The van der Waals surface area contributed by atoms with Crippen LogP contribution in [0.4, 0.5) is 24.5 Å². The van der Waals surface area contributed by atoms with Crippen molar-refractivity contribution >= 4 is 27.3 Å². The van der Waals surface area contributed by atoms with Crippen LogP contribution in [0.3, 0.4) is 0 Å². The first kappa shape index (κ1) is 23.5. The Morgan fingerprint density at radius 2 is 1.81 bits per heavy atom. The summed E-state index contributed by atoms with van der Waals surface area (Å²) in [7, 11) is -3.91. The van der Waals surface area contributed by atoms with E-state index < -0.39 is 56.3 Å². The highest BCUT2D eigenvalue weighted by Gasteiger charge is 2.34. The highest BCUT2D eigenvalue weighted by Crippen LogP contribution is 2.35. The molecule has 1 amide bonds. The summed E-state index contributed by atoms with van der Waals surface area (Å²) in [6, 6.07) is 7.30. The number of carbonyl (C=O) groups is 1. The average Bonchev–Trinajstić information content (AvgIpc) is 3.27. The van der Waals surface area contributed by atoms with Gasteiger partial charge in [0.25, 0.3) is 5.91 Å². The number of alkyl halides is 3. The summed E-state index contributed by atoms with van der Waals surface area (Å²) in [5, 5.41) is 13.5. The molecule has 1 heterocycles. The number of rotatable bonds is 7. The van der Waals surface area contributed by atoms with Crippen LogP contribution < -0.4 is 10.1 Å². The second-order valence-corrected chi connectivity index (χ2v) is 8.82. The molecule has 0 saturated carbocycles. The molecule has 0 spiro atoms. The van der Waals surface area contributed by atoms with Crippen molar-refractivity contribution in [3.8, 4) is 5.75 Å². The van der Waals surface area contributed by atoms with Crippen LogP contribution in [0.25, 0.3) is 0 Å². The molecule has 172 valence electrons. The van der Waals surface area contributed by atoms with Crippen LogP contribution >= 0.6 is 0 Å². The van der Waals surface area contributed by atoms with Gasteiger partial charge < -0.3 is 10.1 Å². The lowest BCUT2D eigenvalue weighted by Gasteiger charge is -2.16. The summed E-state index contributed by atoms with van der Waals surface area (Å²) >= 11 is 0. The predicted molar refractivity (Wildman–Crippen MR) is 107 cm³/mol. The van der Waals surface area contributed by atoms with Gasteiger partial charge in [-0.05, 0) is 37.1 Å². The lowest BCUT2D eigenvalue weighted by atomic mass is 10.1. The summed E-state index contributed by atoms with van der Waals surface area (Å²) in [4.78, 5) is 22.3. The molecule has 2 aromatic rings. The SMILES string of the molecule is O=C(COc1ccc(S(=O)(=O)N2CCCC2)cc1[N+](=O)[O-])Nc1ccccc1C(F)(F)F. The van der Waals surface area contributed by atoms with Crippen molar-refractivity contribution in [2.24, 2.45) is 0 Å². The maximum absolute atomic E-state index is 13.0. The number of nitrogens with one attached hydrogen (secondary N) is 1. The zero-order valence-electron chi connectivity index (χ0n) is 16.5. The summed E-state index contributed by atoms with van der Waals surface area (Å²) < 4.78 is 70.6. The number of nitrogens with zero attached hydrogens (tertiary/aromatic N) is 2. The van der Waals surface area contributed by atoms with Crippen LogP contribution in [0.1, 0.15) is 18.4 Å². The average molecular weight is 473 g/mol. The van der Waals surface area contributed by atoms with Crippen LogP contribution in [0, 0.1) is 10.1 Å². The molecule has 3 rings (SSSR count).